The summed E-state index contributed by atoms with van der Waals surface area (Å²) in [5, 5.41) is 17.6. The third-order valence-corrected chi connectivity index (χ3v) is 2.69. The monoisotopic (exact) mass is 271 g/mol. The summed E-state index contributed by atoms with van der Waals surface area (Å²) in [4.78, 5) is 22.3. The number of carbonyl (C=O) groups is 2. The molecule has 1 aromatic carbocycles. The highest BCUT2D eigenvalue weighted by molar-refractivity contribution is 6.04. The zero-order valence-corrected chi connectivity index (χ0v) is 10.8. The van der Waals surface area contributed by atoms with Crippen molar-refractivity contribution in [2.24, 2.45) is 0 Å². The Kier molecular flexibility index (Phi) is 3.95. The van der Waals surface area contributed by atoms with E-state index in [1.807, 2.05) is 6.92 Å². The van der Waals surface area contributed by atoms with Crippen molar-refractivity contribution in [3.8, 4) is 0 Å². The van der Waals surface area contributed by atoms with Crippen molar-refractivity contribution in [3.05, 3.63) is 53.4 Å². The lowest BCUT2D eigenvalue weighted by molar-refractivity contribution is -0.131. The van der Waals surface area contributed by atoms with Crippen LogP contribution in [0.15, 0.2) is 36.7 Å². The lowest BCUT2D eigenvalue weighted by atomic mass is 10.1. The Hall–Kier alpha value is -2.89. The Bertz CT molecular complexity index is 660. The number of aromatic amines is 1. The maximum Gasteiger partial charge on any atom is 0.328 e. The zero-order chi connectivity index (χ0) is 14.5. The van der Waals surface area contributed by atoms with E-state index >= 15 is 0 Å². The second-order valence-electron chi connectivity index (χ2n) is 4.18. The van der Waals surface area contributed by atoms with E-state index in [0.717, 1.165) is 17.2 Å². The molecule has 20 heavy (non-hydrogen) atoms. The van der Waals surface area contributed by atoms with Crippen molar-refractivity contribution >= 4 is 23.6 Å². The lowest BCUT2D eigenvalue weighted by Crippen LogP contribution is -2.11. The first kappa shape index (κ1) is 13.5. The van der Waals surface area contributed by atoms with E-state index in [-0.39, 0.29) is 5.91 Å². The molecule has 0 fully saturated rings. The zero-order valence-electron chi connectivity index (χ0n) is 10.8. The summed E-state index contributed by atoms with van der Waals surface area (Å²) in [6.07, 6.45) is 5.53. The first-order valence-corrected chi connectivity index (χ1v) is 5.88. The maximum absolute atomic E-state index is 11.8. The average molecular weight is 271 g/mol. The van der Waals surface area contributed by atoms with Gasteiger partial charge in [-0.1, -0.05) is 6.07 Å². The van der Waals surface area contributed by atoms with E-state index < -0.39 is 5.97 Å². The van der Waals surface area contributed by atoms with Crippen molar-refractivity contribution < 1.29 is 14.7 Å². The third kappa shape index (κ3) is 3.32. The average Bonchev–Trinajstić information content (AvgIpc) is 2.91. The van der Waals surface area contributed by atoms with Crippen molar-refractivity contribution in [2.75, 3.05) is 5.32 Å². The van der Waals surface area contributed by atoms with E-state index in [4.69, 9.17) is 5.11 Å². The number of nitrogens with zero attached hydrogens (tertiary/aromatic N) is 1. The van der Waals surface area contributed by atoms with E-state index in [1.54, 1.807) is 18.2 Å². The molecule has 3 N–H and O–H groups in total. The highest BCUT2D eigenvalue weighted by Gasteiger charge is 2.07. The van der Waals surface area contributed by atoms with E-state index in [9.17, 15) is 9.59 Å². The molecule has 1 heterocycles. The van der Waals surface area contributed by atoms with Gasteiger partial charge < -0.3 is 10.4 Å². The van der Waals surface area contributed by atoms with Gasteiger partial charge >= 0.3 is 5.97 Å². The number of carboxylic acids is 1. The largest absolute Gasteiger partial charge is 0.478 e. The van der Waals surface area contributed by atoms with Crippen LogP contribution in [0.3, 0.4) is 0 Å². The fourth-order valence-corrected chi connectivity index (χ4v) is 1.68. The number of benzene rings is 1. The van der Waals surface area contributed by atoms with Gasteiger partial charge in [0.25, 0.3) is 5.91 Å². The number of amides is 1. The fraction of sp³-hybridized carbons (Fsp3) is 0.0714. The molecular formula is C14H13N3O3. The molecule has 6 heteroatoms. The topological polar surface area (TPSA) is 95.1 Å². The second-order valence-corrected chi connectivity index (χ2v) is 4.18. The SMILES string of the molecule is Cc1cc(NC(=O)c2cn[nH]c2)ccc1C=CC(=O)O. The number of H-pyrrole nitrogens is 1. The molecule has 0 atom stereocenters. The molecule has 0 aliphatic carbocycles. The van der Waals surface area contributed by atoms with Gasteiger partial charge in [0.1, 0.15) is 0 Å². The van der Waals surface area contributed by atoms with Gasteiger partial charge in [-0.15, -0.1) is 0 Å². The van der Waals surface area contributed by atoms with Crippen LogP contribution in [0, 0.1) is 6.92 Å². The molecule has 0 saturated carbocycles. The van der Waals surface area contributed by atoms with Crippen LogP contribution in [0.5, 0.6) is 0 Å². The third-order valence-electron chi connectivity index (χ3n) is 2.69. The number of hydrogen-bond acceptors (Lipinski definition) is 3. The smallest absolute Gasteiger partial charge is 0.328 e. The molecule has 0 aliphatic rings. The van der Waals surface area contributed by atoms with Crippen molar-refractivity contribution in [2.45, 2.75) is 6.92 Å². The number of nitrogens with one attached hydrogen (secondary N) is 2. The molecule has 6 nitrogen and oxygen atoms in total. The Balaban J connectivity index is 2.13. The predicted molar refractivity (Wildman–Crippen MR) is 74.4 cm³/mol. The quantitative estimate of drug-likeness (QED) is 0.742. The predicted octanol–water partition coefficient (Wildman–Crippen LogP) is 2.07. The van der Waals surface area contributed by atoms with E-state index in [0.29, 0.717) is 11.3 Å². The van der Waals surface area contributed by atoms with Crippen LogP contribution >= 0.6 is 0 Å². The number of aryl methyl sites for hydroxylation is 1. The molecule has 0 unspecified atom stereocenters. The Morgan fingerprint density at radius 3 is 2.80 bits per heavy atom. The van der Waals surface area contributed by atoms with Crippen LogP contribution in [0.2, 0.25) is 0 Å². The van der Waals surface area contributed by atoms with Gasteiger partial charge in [0.15, 0.2) is 0 Å². The Morgan fingerprint density at radius 2 is 2.20 bits per heavy atom. The number of hydrogen-bond donors (Lipinski definition) is 3. The minimum Gasteiger partial charge on any atom is -0.478 e. The molecule has 0 radical (unpaired) electrons. The van der Waals surface area contributed by atoms with Crippen LogP contribution in [-0.4, -0.2) is 27.2 Å². The fourth-order valence-electron chi connectivity index (χ4n) is 1.68. The summed E-state index contributed by atoms with van der Waals surface area (Å²) in [5.74, 6) is -1.26. The van der Waals surface area contributed by atoms with Crippen LogP contribution < -0.4 is 5.32 Å². The Labute approximate surface area is 115 Å². The second kappa shape index (κ2) is 5.83. The highest BCUT2D eigenvalue weighted by Crippen LogP contribution is 2.17. The summed E-state index contributed by atoms with van der Waals surface area (Å²) in [6, 6.07) is 5.24. The molecule has 2 aromatic rings. The first-order chi connectivity index (χ1) is 9.56. The highest BCUT2D eigenvalue weighted by atomic mass is 16.4. The van der Waals surface area contributed by atoms with Gasteiger partial charge in [-0.25, -0.2) is 4.79 Å². The van der Waals surface area contributed by atoms with Gasteiger partial charge in [0, 0.05) is 18.0 Å². The number of aromatic nitrogens is 2. The van der Waals surface area contributed by atoms with E-state index in [2.05, 4.69) is 15.5 Å². The van der Waals surface area contributed by atoms with Crippen molar-refractivity contribution in [3.63, 3.8) is 0 Å². The van der Waals surface area contributed by atoms with Gasteiger partial charge in [-0.3, -0.25) is 9.89 Å². The molecule has 0 aliphatic heterocycles. The summed E-state index contributed by atoms with van der Waals surface area (Å²) < 4.78 is 0. The molecule has 0 bridgehead atoms. The molecule has 0 saturated heterocycles. The number of anilines is 1. The van der Waals surface area contributed by atoms with Crippen molar-refractivity contribution in [1.82, 2.24) is 10.2 Å². The molecular weight excluding hydrogens is 258 g/mol. The molecule has 1 aromatic heterocycles. The summed E-state index contributed by atoms with van der Waals surface area (Å²) in [6.45, 7) is 1.84. The number of carboxylic acid groups (broad SMARTS) is 1. The molecule has 2 rings (SSSR count). The minimum absolute atomic E-state index is 0.257. The lowest BCUT2D eigenvalue weighted by Gasteiger charge is -2.06. The van der Waals surface area contributed by atoms with Crippen LogP contribution in [-0.2, 0) is 4.79 Å². The Morgan fingerprint density at radius 1 is 1.40 bits per heavy atom. The summed E-state index contributed by atoms with van der Waals surface area (Å²) in [5.41, 5.74) is 2.74. The number of aliphatic carboxylic acids is 1. The first-order valence-electron chi connectivity index (χ1n) is 5.88. The molecule has 102 valence electrons. The maximum atomic E-state index is 11.8. The summed E-state index contributed by atoms with van der Waals surface area (Å²) in [7, 11) is 0. The summed E-state index contributed by atoms with van der Waals surface area (Å²) >= 11 is 0. The molecule has 1 amide bonds. The number of carbonyl (C=O) groups excluding carboxylic acids is 1. The van der Waals surface area contributed by atoms with E-state index in [1.165, 1.54) is 18.5 Å². The number of rotatable bonds is 4. The van der Waals surface area contributed by atoms with Crippen LogP contribution in [0.25, 0.3) is 6.08 Å². The van der Waals surface area contributed by atoms with Gasteiger partial charge in [-0.2, -0.15) is 5.10 Å². The van der Waals surface area contributed by atoms with Crippen LogP contribution in [0.1, 0.15) is 21.5 Å². The molecule has 0 spiro atoms. The van der Waals surface area contributed by atoms with Crippen molar-refractivity contribution in [1.29, 1.82) is 0 Å². The van der Waals surface area contributed by atoms with Gasteiger partial charge in [0.05, 0.1) is 11.8 Å². The van der Waals surface area contributed by atoms with Gasteiger partial charge in [-0.05, 0) is 36.3 Å². The normalized spacial score (nSPS) is 10.7. The van der Waals surface area contributed by atoms with Gasteiger partial charge in [0.2, 0.25) is 0 Å². The van der Waals surface area contributed by atoms with Crippen LogP contribution in [0.4, 0.5) is 5.69 Å². The minimum atomic E-state index is -0.998. The standard InChI is InChI=1S/C14H13N3O3/c1-9-6-12(4-2-10(9)3-5-13(18)19)17-14(20)11-7-15-16-8-11/h2-8H,1H3,(H,15,16)(H,17,20)(H,18,19).